The third-order valence-corrected chi connectivity index (χ3v) is 8.86. The molecular formula is C28H30N2O4S2. The molecule has 36 heavy (non-hydrogen) atoms. The Balaban J connectivity index is 1.54. The zero-order valence-electron chi connectivity index (χ0n) is 20.7. The van der Waals surface area contributed by atoms with E-state index >= 15 is 0 Å². The quantitative estimate of drug-likeness (QED) is 0.247. The first kappa shape index (κ1) is 25.9. The van der Waals surface area contributed by atoms with Gasteiger partial charge < -0.3 is 4.74 Å². The molecule has 1 aromatic heterocycles. The molecule has 3 aromatic carbocycles. The van der Waals surface area contributed by atoms with Gasteiger partial charge in [0, 0.05) is 6.42 Å². The van der Waals surface area contributed by atoms with E-state index in [9.17, 15) is 13.2 Å². The highest BCUT2D eigenvalue weighted by Crippen LogP contribution is 2.34. The van der Waals surface area contributed by atoms with Crippen LogP contribution in [0.15, 0.2) is 77.7 Å². The number of thiazole rings is 1. The lowest BCUT2D eigenvalue weighted by molar-refractivity contribution is -0.118. The molecule has 0 aliphatic carbocycles. The van der Waals surface area contributed by atoms with Gasteiger partial charge >= 0.3 is 0 Å². The summed E-state index contributed by atoms with van der Waals surface area (Å²) in [6.07, 6.45) is 0.329. The number of methoxy groups -OCH3 is 1. The van der Waals surface area contributed by atoms with Crippen LogP contribution in [0, 0.1) is 0 Å². The van der Waals surface area contributed by atoms with Crippen molar-refractivity contribution in [3.05, 3.63) is 83.9 Å². The van der Waals surface area contributed by atoms with Gasteiger partial charge in [0.05, 0.1) is 34.5 Å². The lowest BCUT2D eigenvalue weighted by Gasteiger charge is -2.20. The van der Waals surface area contributed by atoms with Crippen LogP contribution in [0.2, 0.25) is 0 Å². The molecule has 1 heterocycles. The number of ether oxygens (including phenoxy) is 1. The first-order valence-corrected chi connectivity index (χ1v) is 14.4. The van der Waals surface area contributed by atoms with Gasteiger partial charge in [0.25, 0.3) is 0 Å². The minimum absolute atomic E-state index is 0.106. The smallest absolute Gasteiger partial charge is 0.229 e. The Morgan fingerprint density at radius 1 is 1.00 bits per heavy atom. The van der Waals surface area contributed by atoms with Gasteiger partial charge in [-0.15, -0.1) is 0 Å². The number of rotatable bonds is 10. The molecule has 0 radical (unpaired) electrons. The second kappa shape index (κ2) is 11.2. The van der Waals surface area contributed by atoms with Crippen molar-refractivity contribution in [2.24, 2.45) is 0 Å². The minimum Gasteiger partial charge on any atom is -0.497 e. The zero-order valence-corrected chi connectivity index (χ0v) is 22.3. The summed E-state index contributed by atoms with van der Waals surface area (Å²) in [6, 6.07) is 22.2. The van der Waals surface area contributed by atoms with Crippen molar-refractivity contribution < 1.29 is 17.9 Å². The number of aromatic nitrogens is 1. The first-order chi connectivity index (χ1) is 17.3. The molecule has 0 unspecified atom stereocenters. The van der Waals surface area contributed by atoms with Gasteiger partial charge in [0.2, 0.25) is 5.91 Å². The number of nitrogens with zero attached hydrogens (tertiary/aromatic N) is 2. The normalized spacial score (nSPS) is 11.7. The van der Waals surface area contributed by atoms with E-state index in [1.807, 2.05) is 42.5 Å². The number of carbonyl (C=O) groups excluding carboxylic acids is 1. The van der Waals surface area contributed by atoms with Gasteiger partial charge in [0.1, 0.15) is 5.75 Å². The van der Waals surface area contributed by atoms with Crippen molar-refractivity contribution in [3.63, 3.8) is 0 Å². The molecule has 0 saturated heterocycles. The highest BCUT2D eigenvalue weighted by Gasteiger charge is 2.23. The number of carbonyl (C=O) groups is 1. The van der Waals surface area contributed by atoms with Crippen LogP contribution < -0.4 is 9.64 Å². The Morgan fingerprint density at radius 3 is 2.39 bits per heavy atom. The standard InChI is InChI=1S/C28H30N2O4S2/c1-20(2)24-11-7-12-25-27(24)29-28(35-25)30(19-21-9-5-4-6-10-21)26(31)13-8-18-36(32,33)23-16-14-22(34-3)15-17-23/h4-7,9-12,14-17,20H,8,13,18-19H2,1-3H3. The molecule has 6 nitrogen and oxygen atoms in total. The second-order valence-corrected chi connectivity index (χ2v) is 12.0. The maximum absolute atomic E-state index is 13.4. The number of anilines is 1. The molecule has 0 aliphatic heterocycles. The van der Waals surface area contributed by atoms with Crippen LogP contribution >= 0.6 is 11.3 Å². The summed E-state index contributed by atoms with van der Waals surface area (Å²) in [5.74, 6) is 0.651. The number of sulfone groups is 1. The van der Waals surface area contributed by atoms with E-state index in [1.54, 1.807) is 17.0 Å². The van der Waals surface area contributed by atoms with E-state index in [0.29, 0.717) is 23.3 Å². The number of hydrogen-bond acceptors (Lipinski definition) is 6. The van der Waals surface area contributed by atoms with Crippen molar-refractivity contribution in [1.29, 1.82) is 0 Å². The van der Waals surface area contributed by atoms with Crippen LogP contribution in [-0.4, -0.2) is 32.2 Å². The van der Waals surface area contributed by atoms with E-state index in [-0.39, 0.29) is 29.4 Å². The molecular weight excluding hydrogens is 492 g/mol. The average Bonchev–Trinajstić information content (AvgIpc) is 3.31. The Bertz CT molecular complexity index is 1430. The molecule has 0 N–H and O–H groups in total. The van der Waals surface area contributed by atoms with Crippen LogP contribution in [0.3, 0.4) is 0 Å². The summed E-state index contributed by atoms with van der Waals surface area (Å²) in [7, 11) is -1.97. The van der Waals surface area contributed by atoms with Crippen molar-refractivity contribution in [2.45, 2.75) is 44.0 Å². The van der Waals surface area contributed by atoms with Gasteiger partial charge in [0.15, 0.2) is 15.0 Å². The summed E-state index contributed by atoms with van der Waals surface area (Å²) in [4.78, 5) is 20.2. The number of benzene rings is 3. The molecule has 4 rings (SSSR count). The summed E-state index contributed by atoms with van der Waals surface area (Å²) in [5, 5.41) is 0.630. The molecule has 0 spiro atoms. The van der Waals surface area contributed by atoms with Gasteiger partial charge in [-0.2, -0.15) is 0 Å². The topological polar surface area (TPSA) is 76.6 Å². The zero-order chi connectivity index (χ0) is 25.7. The van der Waals surface area contributed by atoms with Gasteiger partial charge in [-0.25, -0.2) is 13.4 Å². The van der Waals surface area contributed by atoms with E-state index in [0.717, 1.165) is 21.3 Å². The van der Waals surface area contributed by atoms with E-state index in [2.05, 4.69) is 19.9 Å². The van der Waals surface area contributed by atoms with Crippen molar-refractivity contribution in [1.82, 2.24) is 4.98 Å². The summed E-state index contributed by atoms with van der Waals surface area (Å²) in [6.45, 7) is 4.63. The van der Waals surface area contributed by atoms with Crippen molar-refractivity contribution in [2.75, 3.05) is 17.8 Å². The number of hydrogen-bond donors (Lipinski definition) is 0. The molecule has 0 fully saturated rings. The summed E-state index contributed by atoms with van der Waals surface area (Å²) >= 11 is 1.49. The fourth-order valence-electron chi connectivity index (χ4n) is 4.02. The van der Waals surface area contributed by atoms with Gasteiger partial charge in [-0.1, -0.05) is 67.6 Å². The Morgan fingerprint density at radius 2 is 1.72 bits per heavy atom. The molecule has 0 atom stereocenters. The van der Waals surface area contributed by atoms with E-state index in [4.69, 9.17) is 9.72 Å². The Hall–Kier alpha value is -3.23. The third-order valence-electron chi connectivity index (χ3n) is 6.00. The maximum atomic E-state index is 13.4. The Labute approximate surface area is 216 Å². The van der Waals surface area contributed by atoms with Crippen LogP contribution in [0.4, 0.5) is 5.13 Å². The van der Waals surface area contributed by atoms with E-state index in [1.165, 1.54) is 30.6 Å². The highest BCUT2D eigenvalue weighted by molar-refractivity contribution is 7.91. The molecule has 0 aliphatic rings. The summed E-state index contributed by atoms with van der Waals surface area (Å²) in [5.41, 5.74) is 3.05. The number of para-hydroxylation sites is 1. The maximum Gasteiger partial charge on any atom is 0.229 e. The average molecular weight is 523 g/mol. The third kappa shape index (κ3) is 5.94. The fourth-order valence-corrected chi connectivity index (χ4v) is 6.35. The summed E-state index contributed by atoms with van der Waals surface area (Å²) < 4.78 is 31.7. The largest absolute Gasteiger partial charge is 0.497 e. The SMILES string of the molecule is COc1ccc(S(=O)(=O)CCCC(=O)N(Cc2ccccc2)c2nc3c(C(C)C)cccc3s2)cc1. The number of amides is 1. The molecule has 188 valence electrons. The molecule has 4 aromatic rings. The molecule has 0 saturated carbocycles. The number of fused-ring (bicyclic) bond motifs is 1. The lowest BCUT2D eigenvalue weighted by atomic mass is 10.0. The molecule has 8 heteroatoms. The minimum atomic E-state index is -3.51. The highest BCUT2D eigenvalue weighted by atomic mass is 32.2. The Kier molecular flexibility index (Phi) is 8.06. The van der Waals surface area contributed by atoms with Gasteiger partial charge in [-0.05, 0) is 53.8 Å². The van der Waals surface area contributed by atoms with Gasteiger partial charge in [-0.3, -0.25) is 9.69 Å². The van der Waals surface area contributed by atoms with Crippen LogP contribution in [-0.2, 0) is 21.2 Å². The second-order valence-electron chi connectivity index (χ2n) is 8.91. The van der Waals surface area contributed by atoms with Crippen LogP contribution in [0.5, 0.6) is 5.75 Å². The lowest BCUT2D eigenvalue weighted by Crippen LogP contribution is -2.30. The van der Waals surface area contributed by atoms with Crippen molar-refractivity contribution in [3.8, 4) is 5.75 Å². The fraction of sp³-hybridized carbons (Fsp3) is 0.286. The van der Waals surface area contributed by atoms with Crippen molar-refractivity contribution >= 4 is 42.4 Å². The van der Waals surface area contributed by atoms with Crippen LogP contribution in [0.25, 0.3) is 10.2 Å². The molecule has 0 bridgehead atoms. The monoisotopic (exact) mass is 522 g/mol. The molecule has 1 amide bonds. The van der Waals surface area contributed by atoms with E-state index < -0.39 is 9.84 Å². The predicted octanol–water partition coefficient (Wildman–Crippen LogP) is 6.22. The predicted molar refractivity (Wildman–Crippen MR) is 146 cm³/mol. The van der Waals surface area contributed by atoms with Crippen LogP contribution in [0.1, 0.15) is 43.7 Å². The first-order valence-electron chi connectivity index (χ1n) is 11.9.